The highest BCUT2D eigenvalue weighted by atomic mass is 32.2. The zero-order valence-corrected chi connectivity index (χ0v) is 11.4. The Morgan fingerprint density at radius 3 is 1.95 bits per heavy atom. The zero-order chi connectivity index (χ0) is 15.3. The van der Waals surface area contributed by atoms with Gasteiger partial charge in [-0.25, -0.2) is 8.42 Å². The van der Waals surface area contributed by atoms with E-state index < -0.39 is 21.9 Å². The van der Waals surface area contributed by atoms with Crippen LogP contribution in [0.15, 0.2) is 34.9 Å². The second-order valence-electron chi connectivity index (χ2n) is 3.49. The first-order valence-electron chi connectivity index (χ1n) is 5.11. The third-order valence-corrected chi connectivity index (χ3v) is 3.19. The van der Waals surface area contributed by atoms with Gasteiger partial charge in [-0.3, -0.25) is 4.79 Å². The van der Waals surface area contributed by atoms with Gasteiger partial charge in [0.1, 0.15) is 0 Å². The maximum absolute atomic E-state index is 12.0. The molecule has 0 rings (SSSR count). The van der Waals surface area contributed by atoms with Gasteiger partial charge in [-0.15, -0.1) is 0 Å². The maximum Gasteiger partial charge on any atom is 0.471 e. The molecular weight excluding hydrogens is 283 g/mol. The largest absolute Gasteiger partial charge is 0.471 e. The minimum atomic E-state index is -5.00. The average Bonchev–Trinajstić information content (AvgIpc) is 2.24. The van der Waals surface area contributed by atoms with Crippen LogP contribution >= 0.6 is 0 Å². The Kier molecular flexibility index (Phi) is 6.01. The highest BCUT2D eigenvalue weighted by Crippen LogP contribution is 2.15. The van der Waals surface area contributed by atoms with E-state index in [1.165, 1.54) is 26.0 Å². The number of carbonyl (C=O) groups is 1. The lowest BCUT2D eigenvalue weighted by Crippen LogP contribution is -2.35. The molecule has 0 spiro atoms. The van der Waals surface area contributed by atoms with Crippen LogP contribution in [-0.2, 0) is 14.6 Å². The summed E-state index contributed by atoms with van der Waals surface area (Å²) in [6, 6.07) is 0. The first-order valence-corrected chi connectivity index (χ1v) is 7.00. The molecule has 1 amide bonds. The molecule has 0 saturated heterocycles. The molecule has 0 heterocycles. The molecule has 0 unspecified atom stereocenters. The number of amides is 1. The summed E-state index contributed by atoms with van der Waals surface area (Å²) in [6.45, 7) is 2.89. The van der Waals surface area contributed by atoms with Crippen LogP contribution in [0.1, 0.15) is 13.8 Å². The van der Waals surface area contributed by atoms with Gasteiger partial charge >= 0.3 is 12.1 Å². The molecule has 0 aliphatic heterocycles. The van der Waals surface area contributed by atoms with Crippen molar-refractivity contribution in [2.45, 2.75) is 20.0 Å². The van der Waals surface area contributed by atoms with Crippen LogP contribution in [0.5, 0.6) is 0 Å². The number of hydrogen-bond acceptors (Lipinski definition) is 3. The van der Waals surface area contributed by atoms with Crippen LogP contribution in [0.2, 0.25) is 0 Å². The summed E-state index contributed by atoms with van der Waals surface area (Å²) in [6.07, 6.45) is 0.681. The van der Waals surface area contributed by atoms with E-state index in [4.69, 9.17) is 0 Å². The highest BCUT2D eigenvalue weighted by Gasteiger charge is 2.38. The second kappa shape index (κ2) is 6.55. The molecule has 8 heteroatoms. The van der Waals surface area contributed by atoms with Crippen LogP contribution in [0, 0.1) is 0 Å². The quantitative estimate of drug-likeness (QED) is 0.808. The first kappa shape index (κ1) is 17.4. The minimum absolute atomic E-state index is 0.0619. The lowest BCUT2D eigenvalue weighted by molar-refractivity contribution is -0.172. The zero-order valence-electron chi connectivity index (χ0n) is 10.6. The van der Waals surface area contributed by atoms with E-state index in [0.29, 0.717) is 0 Å². The van der Waals surface area contributed by atoms with Gasteiger partial charge in [0, 0.05) is 12.0 Å². The molecule has 108 valence electrons. The van der Waals surface area contributed by atoms with Crippen molar-refractivity contribution >= 4 is 15.7 Å². The molecule has 0 fully saturated rings. The van der Waals surface area contributed by atoms with Crippen LogP contribution in [-0.4, -0.2) is 26.8 Å². The Hall–Kier alpha value is -1.57. The predicted octanol–water partition coefficient (Wildman–Crippen LogP) is 2.07. The minimum Gasteiger partial charge on any atom is -0.319 e. The summed E-state index contributed by atoms with van der Waals surface area (Å²) in [5.74, 6) is -2.12. The normalized spacial score (nSPS) is 14.8. The topological polar surface area (TPSA) is 63.2 Å². The molecule has 0 aliphatic carbocycles. The summed E-state index contributed by atoms with van der Waals surface area (Å²) in [5, 5.41) is 1.63. The van der Waals surface area contributed by atoms with Crippen molar-refractivity contribution in [3.05, 3.63) is 34.9 Å². The van der Waals surface area contributed by atoms with Crippen LogP contribution in [0.25, 0.3) is 0 Å². The van der Waals surface area contributed by atoms with Gasteiger partial charge in [0.05, 0.1) is 4.91 Å². The maximum atomic E-state index is 12.0. The molecule has 0 bridgehead atoms. The fraction of sp³-hybridized carbons (Fsp3) is 0.364. The molecule has 1 N–H and O–H groups in total. The van der Waals surface area contributed by atoms with Crippen LogP contribution in [0.3, 0.4) is 0 Å². The third-order valence-electron chi connectivity index (χ3n) is 1.97. The van der Waals surface area contributed by atoms with Crippen LogP contribution < -0.4 is 5.32 Å². The van der Waals surface area contributed by atoms with E-state index in [9.17, 15) is 26.4 Å². The molecule has 4 nitrogen and oxygen atoms in total. The van der Waals surface area contributed by atoms with E-state index in [1.54, 1.807) is 5.32 Å². The van der Waals surface area contributed by atoms with E-state index in [0.717, 1.165) is 18.4 Å². The number of allylic oxidation sites excluding steroid dienone is 4. The number of carbonyl (C=O) groups excluding carboxylic acids is 1. The van der Waals surface area contributed by atoms with Crippen molar-refractivity contribution < 1.29 is 26.4 Å². The van der Waals surface area contributed by atoms with E-state index >= 15 is 0 Å². The summed E-state index contributed by atoms with van der Waals surface area (Å²) < 4.78 is 58.6. The van der Waals surface area contributed by atoms with Gasteiger partial charge in [-0.2, -0.15) is 13.2 Å². The number of rotatable bonds is 4. The van der Waals surface area contributed by atoms with Crippen molar-refractivity contribution in [2.24, 2.45) is 0 Å². The standard InChI is InChI=1S/C11H14F3NO3S/c1-4-8(15-10(16)11(12,13)14)6-7-9(5-2)19(3,17)18/h4-7H,1-3H3,(H,15,16)/b7-6-,8-4+,9-5+. The van der Waals surface area contributed by atoms with Crippen molar-refractivity contribution in [1.82, 2.24) is 5.32 Å². The van der Waals surface area contributed by atoms with Gasteiger partial charge in [0.2, 0.25) is 0 Å². The van der Waals surface area contributed by atoms with Gasteiger partial charge in [0.15, 0.2) is 9.84 Å². The Morgan fingerprint density at radius 2 is 1.63 bits per heavy atom. The molecule has 0 aromatic rings. The number of sulfone groups is 1. The van der Waals surface area contributed by atoms with Gasteiger partial charge in [0.25, 0.3) is 0 Å². The molecule has 0 saturated carbocycles. The summed E-state index contributed by atoms with van der Waals surface area (Å²) in [5.41, 5.74) is -0.148. The second-order valence-corrected chi connectivity index (χ2v) is 5.51. The monoisotopic (exact) mass is 297 g/mol. The van der Waals surface area contributed by atoms with Crippen molar-refractivity contribution in [3.8, 4) is 0 Å². The van der Waals surface area contributed by atoms with E-state index in [-0.39, 0.29) is 10.6 Å². The molecule has 19 heavy (non-hydrogen) atoms. The van der Waals surface area contributed by atoms with Crippen molar-refractivity contribution in [1.29, 1.82) is 0 Å². The summed E-state index contributed by atoms with van der Waals surface area (Å²) in [7, 11) is -3.46. The molecule has 0 aromatic heterocycles. The smallest absolute Gasteiger partial charge is 0.319 e. The molecule has 0 radical (unpaired) electrons. The lowest BCUT2D eigenvalue weighted by Gasteiger charge is -2.08. The summed E-state index contributed by atoms with van der Waals surface area (Å²) in [4.78, 5) is 10.6. The Balaban J connectivity index is 5.02. The first-order chi connectivity index (χ1) is 8.52. The fourth-order valence-electron chi connectivity index (χ4n) is 1.02. The van der Waals surface area contributed by atoms with Gasteiger partial charge in [-0.1, -0.05) is 12.2 Å². The SMILES string of the molecule is C\C=C(/C=C\C(=C/C)S(C)(=O)=O)NC(=O)C(F)(F)F. The summed E-state index contributed by atoms with van der Waals surface area (Å²) >= 11 is 0. The Bertz CT molecular complexity index is 528. The van der Waals surface area contributed by atoms with Gasteiger partial charge < -0.3 is 5.32 Å². The van der Waals surface area contributed by atoms with E-state index in [2.05, 4.69) is 0 Å². The molecule has 0 aromatic carbocycles. The molecule has 0 aliphatic rings. The number of alkyl halides is 3. The molecule has 0 atom stereocenters. The number of nitrogens with one attached hydrogen (secondary N) is 1. The lowest BCUT2D eigenvalue weighted by atomic mass is 10.3. The Morgan fingerprint density at radius 1 is 1.11 bits per heavy atom. The van der Waals surface area contributed by atoms with Crippen molar-refractivity contribution in [3.63, 3.8) is 0 Å². The highest BCUT2D eigenvalue weighted by molar-refractivity contribution is 7.94. The number of halogens is 3. The Labute approximate surface area is 109 Å². The third kappa shape index (κ3) is 6.23. The van der Waals surface area contributed by atoms with Crippen molar-refractivity contribution in [2.75, 3.05) is 6.26 Å². The van der Waals surface area contributed by atoms with Gasteiger partial charge in [-0.05, 0) is 26.0 Å². The predicted molar refractivity (Wildman–Crippen MR) is 65.7 cm³/mol. The van der Waals surface area contributed by atoms with E-state index in [1.807, 2.05) is 0 Å². The molecular formula is C11H14F3NO3S. The number of hydrogen-bond donors (Lipinski definition) is 1. The fourth-order valence-corrected chi connectivity index (χ4v) is 1.76. The average molecular weight is 297 g/mol. The van der Waals surface area contributed by atoms with Crippen LogP contribution in [0.4, 0.5) is 13.2 Å².